The molecule has 13 atom stereocenters. The summed E-state index contributed by atoms with van der Waals surface area (Å²) in [7, 11) is 4.27. The van der Waals surface area contributed by atoms with Crippen LogP contribution in [0.25, 0.3) is 0 Å². The Labute approximate surface area is 320 Å². The molecule has 13 heteroatoms. The summed E-state index contributed by atoms with van der Waals surface area (Å²) in [4.78, 5) is 52.7. The van der Waals surface area contributed by atoms with Gasteiger partial charge in [-0.2, -0.15) is 0 Å². The van der Waals surface area contributed by atoms with E-state index in [1.165, 1.54) is 25.7 Å². The quantitative estimate of drug-likeness (QED) is 0.339. The molecule has 8 fully saturated rings. The molecule has 12 unspecified atom stereocenters. The molecular formula is C41H64FN7O5. The number of nitrogens with zero attached hydrogens (tertiary/aromatic N) is 5. The molecule has 2 amide bonds. The average Bonchev–Trinajstić information content (AvgIpc) is 3.89. The van der Waals surface area contributed by atoms with Gasteiger partial charge in [0, 0.05) is 83.0 Å². The third-order valence-corrected chi connectivity index (χ3v) is 15.3. The summed E-state index contributed by atoms with van der Waals surface area (Å²) in [6.45, 7) is 7.63. The van der Waals surface area contributed by atoms with E-state index in [4.69, 9.17) is 9.47 Å². The van der Waals surface area contributed by atoms with E-state index >= 15 is 4.39 Å². The van der Waals surface area contributed by atoms with Crippen molar-refractivity contribution in [2.24, 2.45) is 17.8 Å². The number of Topliss-reactive ketones (excluding diaryl/α,β-unsaturated/α-hetero) is 1. The second-order valence-corrected chi connectivity index (χ2v) is 18.5. The minimum atomic E-state index is -1.28. The SMILES string of the molecule is CN1CCN(CCC(=O)N[C@@H]2CCN(C3C(F)CC4C(=O)C(C(=O)NCCC5CCCN5C)=CN5C6CC7OC8CCCCC8C7CC6OC3C45)C2)CC1. The molecule has 54 heavy (non-hydrogen) atoms. The Hall–Kier alpha value is -2.16. The topological polar surface area (TPSA) is 110 Å². The lowest BCUT2D eigenvalue weighted by Crippen LogP contribution is -2.73. The first-order chi connectivity index (χ1) is 26.2. The Morgan fingerprint density at radius 2 is 1.70 bits per heavy atom. The number of ether oxygens (including phenoxy) is 2. The van der Waals surface area contributed by atoms with E-state index < -0.39 is 24.2 Å². The number of nitrogens with one attached hydrogen (secondary N) is 2. The maximum absolute atomic E-state index is 16.8. The molecule has 9 rings (SSSR count). The van der Waals surface area contributed by atoms with Crippen molar-refractivity contribution < 1.29 is 28.2 Å². The number of carbonyl (C=O) groups is 3. The van der Waals surface area contributed by atoms with E-state index in [9.17, 15) is 14.4 Å². The zero-order valence-electron chi connectivity index (χ0n) is 32.6. The lowest BCUT2D eigenvalue weighted by molar-refractivity contribution is -0.220. The number of alkyl halides is 1. The fourth-order valence-corrected chi connectivity index (χ4v) is 12.4. The Morgan fingerprint density at radius 3 is 2.52 bits per heavy atom. The van der Waals surface area contributed by atoms with Gasteiger partial charge in [0.2, 0.25) is 5.91 Å². The molecular weight excluding hydrogens is 689 g/mol. The van der Waals surface area contributed by atoms with Gasteiger partial charge in [0.05, 0.1) is 48.1 Å². The predicted octanol–water partition coefficient (Wildman–Crippen LogP) is 1.78. The molecule has 0 radical (unpaired) electrons. The number of carbonyl (C=O) groups excluding carboxylic acids is 3. The Bertz CT molecular complexity index is 1440. The van der Waals surface area contributed by atoms with Crippen LogP contribution in [0.15, 0.2) is 11.8 Å². The molecule has 6 heterocycles. The third kappa shape index (κ3) is 7.16. The van der Waals surface area contributed by atoms with Gasteiger partial charge in [-0.15, -0.1) is 0 Å². The molecule has 0 aromatic carbocycles. The molecule has 5 saturated heterocycles. The molecule has 0 aromatic heterocycles. The van der Waals surface area contributed by atoms with Crippen LogP contribution in [-0.2, 0) is 23.9 Å². The first kappa shape index (κ1) is 37.4. The van der Waals surface area contributed by atoms with Gasteiger partial charge in [-0.3, -0.25) is 19.3 Å². The number of fused-ring (bicyclic) bond motifs is 5. The van der Waals surface area contributed by atoms with Gasteiger partial charge in [0.25, 0.3) is 5.91 Å². The summed E-state index contributed by atoms with van der Waals surface area (Å²) in [6, 6.07) is -0.469. The maximum Gasteiger partial charge on any atom is 0.256 e. The highest BCUT2D eigenvalue weighted by Crippen LogP contribution is 2.53. The van der Waals surface area contributed by atoms with E-state index in [1.807, 2.05) is 6.20 Å². The minimum Gasteiger partial charge on any atom is -0.374 e. The van der Waals surface area contributed by atoms with Gasteiger partial charge in [-0.25, -0.2) is 4.39 Å². The molecule has 3 aliphatic carbocycles. The van der Waals surface area contributed by atoms with E-state index in [0.29, 0.717) is 50.0 Å². The summed E-state index contributed by atoms with van der Waals surface area (Å²) >= 11 is 0. The number of morpholine rings is 1. The highest BCUT2D eigenvalue weighted by molar-refractivity contribution is 6.20. The largest absolute Gasteiger partial charge is 0.374 e. The van der Waals surface area contributed by atoms with Crippen molar-refractivity contribution in [2.45, 2.75) is 138 Å². The summed E-state index contributed by atoms with van der Waals surface area (Å²) in [5, 5.41) is 6.34. The van der Waals surface area contributed by atoms with Gasteiger partial charge >= 0.3 is 0 Å². The van der Waals surface area contributed by atoms with Gasteiger partial charge in [-0.05, 0) is 90.3 Å². The second-order valence-electron chi connectivity index (χ2n) is 18.5. The van der Waals surface area contributed by atoms with Crippen LogP contribution >= 0.6 is 0 Å². The number of hydrogen-bond acceptors (Lipinski definition) is 10. The van der Waals surface area contributed by atoms with Gasteiger partial charge in [-0.1, -0.05) is 12.8 Å². The number of hydrogen-bond donors (Lipinski definition) is 2. The summed E-state index contributed by atoms with van der Waals surface area (Å²) in [6.07, 6.45) is 11.3. The fourth-order valence-electron chi connectivity index (χ4n) is 12.4. The molecule has 0 spiro atoms. The van der Waals surface area contributed by atoms with Crippen molar-refractivity contribution in [3.8, 4) is 0 Å². The van der Waals surface area contributed by atoms with Crippen LogP contribution in [0.1, 0.15) is 77.0 Å². The first-order valence-corrected chi connectivity index (χ1v) is 21.6. The monoisotopic (exact) mass is 753 g/mol. The Kier molecular flexibility index (Phi) is 10.8. The van der Waals surface area contributed by atoms with Crippen LogP contribution in [-0.4, -0.2) is 176 Å². The number of likely N-dealkylation sites (tertiary alicyclic amines) is 2. The molecule has 0 aromatic rings. The normalized spacial score (nSPS) is 42.9. The lowest BCUT2D eigenvalue weighted by atomic mass is 9.67. The van der Waals surface area contributed by atoms with Crippen molar-refractivity contribution >= 4 is 17.6 Å². The van der Waals surface area contributed by atoms with E-state index in [2.05, 4.69) is 49.2 Å². The smallest absolute Gasteiger partial charge is 0.256 e. The number of piperazine rings is 1. The minimum absolute atomic E-state index is 0.0269. The summed E-state index contributed by atoms with van der Waals surface area (Å²) < 4.78 is 30.8. The Balaban J connectivity index is 0.920. The number of ketones is 1. The van der Waals surface area contributed by atoms with Crippen LogP contribution < -0.4 is 10.6 Å². The number of halogens is 1. The second kappa shape index (κ2) is 15.6. The molecule has 300 valence electrons. The fraction of sp³-hybridized carbons (Fsp3) is 0.878. The van der Waals surface area contributed by atoms with E-state index in [1.54, 1.807) is 0 Å². The van der Waals surface area contributed by atoms with Crippen molar-refractivity contribution in [3.05, 3.63) is 11.8 Å². The molecule has 12 nitrogen and oxygen atoms in total. The highest BCUT2D eigenvalue weighted by atomic mass is 19.1. The molecule has 2 N–H and O–H groups in total. The van der Waals surface area contributed by atoms with Crippen molar-refractivity contribution in [1.29, 1.82) is 0 Å². The van der Waals surface area contributed by atoms with Crippen molar-refractivity contribution in [2.75, 3.05) is 73.0 Å². The van der Waals surface area contributed by atoms with Crippen LogP contribution in [0.2, 0.25) is 0 Å². The summed E-state index contributed by atoms with van der Waals surface area (Å²) in [5.41, 5.74) is 0.171. The number of likely N-dealkylation sites (N-methyl/N-ethyl adjacent to an activating group) is 1. The molecule has 9 aliphatic rings. The van der Waals surface area contributed by atoms with E-state index in [0.717, 1.165) is 77.8 Å². The number of rotatable bonds is 9. The van der Waals surface area contributed by atoms with Crippen LogP contribution in [0.4, 0.5) is 4.39 Å². The predicted molar refractivity (Wildman–Crippen MR) is 201 cm³/mol. The highest BCUT2D eigenvalue weighted by Gasteiger charge is 2.62. The van der Waals surface area contributed by atoms with Gasteiger partial charge < -0.3 is 39.7 Å². The van der Waals surface area contributed by atoms with Crippen LogP contribution in [0.3, 0.4) is 0 Å². The molecule has 6 aliphatic heterocycles. The van der Waals surface area contributed by atoms with Crippen molar-refractivity contribution in [1.82, 2.24) is 35.1 Å². The van der Waals surface area contributed by atoms with Crippen LogP contribution in [0, 0.1) is 17.8 Å². The molecule has 0 bridgehead atoms. The first-order valence-electron chi connectivity index (χ1n) is 21.6. The Morgan fingerprint density at radius 1 is 0.870 bits per heavy atom. The maximum atomic E-state index is 16.8. The lowest BCUT2D eigenvalue weighted by Gasteiger charge is -2.61. The van der Waals surface area contributed by atoms with E-state index in [-0.39, 0.29) is 59.9 Å². The average molecular weight is 754 g/mol. The zero-order chi connectivity index (χ0) is 37.1. The zero-order valence-corrected chi connectivity index (χ0v) is 32.6. The molecule has 3 saturated carbocycles. The van der Waals surface area contributed by atoms with Gasteiger partial charge in [0.15, 0.2) is 5.78 Å². The number of amides is 2. The van der Waals surface area contributed by atoms with Crippen molar-refractivity contribution in [3.63, 3.8) is 0 Å². The van der Waals surface area contributed by atoms with Gasteiger partial charge in [0.1, 0.15) is 6.17 Å². The third-order valence-electron chi connectivity index (χ3n) is 15.3. The summed E-state index contributed by atoms with van der Waals surface area (Å²) in [5.74, 6) is -0.192. The standard InChI is InChI=1S/C41H64FN7O5/c1-45-16-18-47(19-17-45)14-11-36(50)44-25-10-15-48(23-25)38-31(42)20-29-37-40(38)54-35-21-28-27-7-3-4-8-33(27)53-34(28)22-32(35)49(37)24-30(39(29)51)41(52)43-12-9-26-6-5-13-46(26)2/h24-29,31-35,37-38,40H,3-23H2,1-2H3,(H,43,52)(H,44,50)/t25-,26?,27?,28?,29?,31?,32?,33?,34?,35?,37?,38?,40?/m1/s1. The van der Waals surface area contributed by atoms with Crippen LogP contribution in [0.5, 0.6) is 0 Å².